The second kappa shape index (κ2) is 8.51. The van der Waals surface area contributed by atoms with Crippen LogP contribution in [0, 0.1) is 0 Å². The predicted octanol–water partition coefficient (Wildman–Crippen LogP) is 2.94. The van der Waals surface area contributed by atoms with Gasteiger partial charge in [-0.3, -0.25) is 9.69 Å². The number of pyridine rings is 1. The highest BCUT2D eigenvalue weighted by atomic mass is 35.5. The number of amides is 1. The Kier molecular flexibility index (Phi) is 6.79. The van der Waals surface area contributed by atoms with Gasteiger partial charge in [-0.05, 0) is 12.5 Å². The molecule has 1 aromatic rings. The topological polar surface area (TPSA) is 48.5 Å². The fraction of sp³-hybridized carbons (Fsp3) is 0.600. The Balaban J connectivity index is 1.94. The van der Waals surface area contributed by atoms with Crippen LogP contribution in [-0.2, 0) is 11.0 Å². The van der Waals surface area contributed by atoms with E-state index in [4.69, 9.17) is 11.6 Å². The van der Waals surface area contributed by atoms with Gasteiger partial charge in [0, 0.05) is 32.4 Å². The Labute approximate surface area is 156 Å². The molecule has 1 N–H and O–H groups in total. The number of hydrogen-bond donors (Lipinski definition) is 1. The number of rotatable bonds is 4. The second-order valence-corrected chi connectivity index (χ2v) is 6.44. The molecule has 0 atom stereocenters. The highest BCUT2D eigenvalue weighted by Crippen LogP contribution is 2.33. The van der Waals surface area contributed by atoms with Gasteiger partial charge in [-0.25, -0.2) is 4.98 Å². The number of anilines is 1. The Morgan fingerprint density at radius 3 is 2.44 bits per heavy atom. The first-order valence-electron chi connectivity index (χ1n) is 7.99. The van der Waals surface area contributed by atoms with Gasteiger partial charge in [0.15, 0.2) is 0 Å². The van der Waals surface area contributed by atoms with Crippen LogP contribution in [0.2, 0.25) is 5.02 Å². The average molecular weight is 419 g/mol. The molecule has 2 rings (SSSR count). The molecule has 0 saturated carbocycles. The van der Waals surface area contributed by atoms with E-state index in [1.165, 1.54) is 0 Å². The fourth-order valence-electron chi connectivity index (χ4n) is 2.62. The van der Waals surface area contributed by atoms with Gasteiger partial charge in [0.25, 0.3) is 0 Å². The zero-order valence-electron chi connectivity index (χ0n) is 14.0. The third-order valence-corrected chi connectivity index (χ3v) is 4.17. The molecule has 1 saturated heterocycles. The summed E-state index contributed by atoms with van der Waals surface area (Å²) < 4.78 is 74.4. The summed E-state index contributed by atoms with van der Waals surface area (Å²) in [4.78, 5) is 18.8. The third-order valence-electron chi connectivity index (χ3n) is 3.89. The largest absolute Gasteiger partial charge is 0.417 e. The minimum absolute atomic E-state index is 0.138. The van der Waals surface area contributed by atoms with Crippen molar-refractivity contribution in [2.45, 2.75) is 18.8 Å². The molecule has 0 aliphatic carbocycles. The standard InChI is InChI=1S/C15H17ClF6N4O/c16-11-6-10(15(20,21)22)7-23-13(11)26-3-1-2-25(4-5-26)8-12(27)24-9-14(17,18)19/h6-7H,1-5,8-9H2,(H,24,27). The number of alkyl halides is 6. The van der Waals surface area contributed by atoms with Crippen molar-refractivity contribution >= 4 is 23.3 Å². The van der Waals surface area contributed by atoms with Crippen LogP contribution in [0.5, 0.6) is 0 Å². The first-order valence-corrected chi connectivity index (χ1v) is 8.37. The quantitative estimate of drug-likeness (QED) is 0.764. The molecule has 5 nitrogen and oxygen atoms in total. The molecule has 1 amide bonds. The zero-order valence-corrected chi connectivity index (χ0v) is 14.8. The van der Waals surface area contributed by atoms with E-state index in [0.29, 0.717) is 38.8 Å². The summed E-state index contributed by atoms with van der Waals surface area (Å²) in [6.07, 6.45) is -7.77. The van der Waals surface area contributed by atoms with Crippen LogP contribution in [0.4, 0.5) is 32.2 Å². The van der Waals surface area contributed by atoms with Crippen molar-refractivity contribution in [2.24, 2.45) is 0 Å². The van der Waals surface area contributed by atoms with E-state index in [0.717, 1.165) is 6.07 Å². The molecule has 1 aromatic heterocycles. The first kappa shape index (κ1) is 21.5. The van der Waals surface area contributed by atoms with E-state index in [1.807, 2.05) is 0 Å². The van der Waals surface area contributed by atoms with Crippen molar-refractivity contribution in [2.75, 3.05) is 44.2 Å². The monoisotopic (exact) mass is 418 g/mol. The molecule has 0 unspecified atom stereocenters. The number of nitrogens with zero attached hydrogens (tertiary/aromatic N) is 3. The normalized spacial score (nSPS) is 16.9. The first-order chi connectivity index (χ1) is 12.5. The number of hydrogen-bond acceptors (Lipinski definition) is 4. The SMILES string of the molecule is O=C(CN1CCCN(c2ncc(C(F)(F)F)cc2Cl)CC1)NCC(F)(F)F. The summed E-state index contributed by atoms with van der Waals surface area (Å²) >= 11 is 5.94. The molecule has 0 spiro atoms. The number of carbonyl (C=O) groups excluding carboxylic acids is 1. The smallest absolute Gasteiger partial charge is 0.354 e. The number of carbonyl (C=O) groups is 1. The predicted molar refractivity (Wildman–Crippen MR) is 86.6 cm³/mol. The van der Waals surface area contributed by atoms with Crippen molar-refractivity contribution < 1.29 is 31.1 Å². The lowest BCUT2D eigenvalue weighted by atomic mass is 10.2. The molecule has 0 radical (unpaired) electrons. The summed E-state index contributed by atoms with van der Waals surface area (Å²) in [5, 5.41) is 1.67. The van der Waals surface area contributed by atoms with Gasteiger partial charge < -0.3 is 10.2 Å². The lowest BCUT2D eigenvalue weighted by Gasteiger charge is -2.23. The Bertz CT molecular complexity index is 667. The maximum Gasteiger partial charge on any atom is 0.417 e. The van der Waals surface area contributed by atoms with E-state index >= 15 is 0 Å². The van der Waals surface area contributed by atoms with Crippen molar-refractivity contribution in [3.8, 4) is 0 Å². The Morgan fingerprint density at radius 1 is 1.15 bits per heavy atom. The van der Waals surface area contributed by atoms with Crippen LogP contribution in [-0.4, -0.2) is 61.2 Å². The molecule has 1 fully saturated rings. The Hall–Kier alpha value is -1.75. The van der Waals surface area contributed by atoms with Crippen LogP contribution >= 0.6 is 11.6 Å². The molecule has 0 bridgehead atoms. The maximum absolute atomic E-state index is 12.7. The minimum Gasteiger partial charge on any atom is -0.354 e. The van der Waals surface area contributed by atoms with Gasteiger partial charge in [-0.15, -0.1) is 0 Å². The van der Waals surface area contributed by atoms with E-state index in [1.54, 1.807) is 15.1 Å². The van der Waals surface area contributed by atoms with Crippen molar-refractivity contribution in [3.05, 3.63) is 22.8 Å². The van der Waals surface area contributed by atoms with Crippen molar-refractivity contribution in [1.82, 2.24) is 15.2 Å². The molecule has 0 aromatic carbocycles. The van der Waals surface area contributed by atoms with Crippen molar-refractivity contribution in [1.29, 1.82) is 0 Å². The van der Waals surface area contributed by atoms with Crippen molar-refractivity contribution in [3.63, 3.8) is 0 Å². The molecular formula is C15H17ClF6N4O. The summed E-state index contributed by atoms with van der Waals surface area (Å²) in [6.45, 7) is -0.0367. The van der Waals surface area contributed by atoms with E-state index in [9.17, 15) is 31.1 Å². The van der Waals surface area contributed by atoms with Crippen LogP contribution in [0.3, 0.4) is 0 Å². The van der Waals surface area contributed by atoms with E-state index in [-0.39, 0.29) is 17.4 Å². The highest BCUT2D eigenvalue weighted by molar-refractivity contribution is 6.33. The van der Waals surface area contributed by atoms with Crippen LogP contribution < -0.4 is 10.2 Å². The third kappa shape index (κ3) is 6.73. The number of halogens is 7. The minimum atomic E-state index is -4.55. The lowest BCUT2D eigenvalue weighted by molar-refractivity contribution is -0.139. The van der Waals surface area contributed by atoms with Crippen LogP contribution in [0.1, 0.15) is 12.0 Å². The maximum atomic E-state index is 12.7. The van der Waals surface area contributed by atoms with Gasteiger partial charge in [-0.1, -0.05) is 11.6 Å². The summed E-state index contributed by atoms with van der Waals surface area (Å²) in [5.41, 5.74) is -0.950. The number of aromatic nitrogens is 1. The zero-order chi connectivity index (χ0) is 20.2. The summed E-state index contributed by atoms with van der Waals surface area (Å²) in [7, 11) is 0. The van der Waals surface area contributed by atoms with Gasteiger partial charge >= 0.3 is 12.4 Å². The van der Waals surface area contributed by atoms with Gasteiger partial charge in [-0.2, -0.15) is 26.3 Å². The van der Waals surface area contributed by atoms with Crippen LogP contribution in [0.15, 0.2) is 12.3 Å². The second-order valence-electron chi connectivity index (χ2n) is 6.04. The molecule has 27 heavy (non-hydrogen) atoms. The molecule has 1 aliphatic heterocycles. The molecule has 1 aliphatic rings. The van der Waals surface area contributed by atoms with Crippen LogP contribution in [0.25, 0.3) is 0 Å². The molecular weight excluding hydrogens is 402 g/mol. The summed E-state index contributed by atoms with van der Waals surface area (Å²) in [5.74, 6) is -0.542. The molecule has 2 heterocycles. The average Bonchev–Trinajstić information content (AvgIpc) is 2.77. The van der Waals surface area contributed by atoms with Gasteiger partial charge in [0.05, 0.1) is 17.1 Å². The Morgan fingerprint density at radius 2 is 1.85 bits per heavy atom. The fourth-order valence-corrected chi connectivity index (χ4v) is 2.90. The highest BCUT2D eigenvalue weighted by Gasteiger charge is 2.32. The van der Waals surface area contributed by atoms with Gasteiger partial charge in [0.2, 0.25) is 5.91 Å². The molecule has 152 valence electrons. The lowest BCUT2D eigenvalue weighted by Crippen LogP contribution is -2.42. The summed E-state index contributed by atoms with van der Waals surface area (Å²) in [6, 6.07) is 0.803. The van der Waals surface area contributed by atoms with E-state index in [2.05, 4.69) is 4.98 Å². The number of nitrogens with one attached hydrogen (secondary N) is 1. The molecule has 12 heteroatoms. The van der Waals surface area contributed by atoms with E-state index < -0.39 is 30.4 Å². The van der Waals surface area contributed by atoms with Gasteiger partial charge in [0.1, 0.15) is 12.4 Å².